The maximum atomic E-state index is 12.2. The Labute approximate surface area is 125 Å². The van der Waals surface area contributed by atoms with Crippen molar-refractivity contribution in [3.63, 3.8) is 0 Å². The Balaban J connectivity index is 1.76. The quantitative estimate of drug-likeness (QED) is 0.766. The van der Waals surface area contributed by atoms with Crippen LogP contribution in [-0.4, -0.2) is 48.7 Å². The van der Waals surface area contributed by atoms with E-state index in [0.29, 0.717) is 13.2 Å². The van der Waals surface area contributed by atoms with Crippen molar-refractivity contribution in [1.82, 2.24) is 15.3 Å². The lowest BCUT2D eigenvalue weighted by atomic mass is 9.97. The normalized spacial score (nSPS) is 18.5. The molecule has 0 radical (unpaired) electrons. The van der Waals surface area contributed by atoms with Gasteiger partial charge in [-0.15, -0.1) is 0 Å². The molecule has 0 saturated carbocycles. The van der Waals surface area contributed by atoms with E-state index in [1.807, 2.05) is 6.92 Å². The predicted molar refractivity (Wildman–Crippen MR) is 81.1 cm³/mol. The number of nitrogens with zero attached hydrogens (tertiary/aromatic N) is 3. The molecule has 2 rings (SSSR count). The summed E-state index contributed by atoms with van der Waals surface area (Å²) in [5, 5.41) is 3.00. The molecule has 0 unspecified atom stereocenters. The minimum Gasteiger partial charge on any atom is -0.382 e. The van der Waals surface area contributed by atoms with Gasteiger partial charge in [-0.1, -0.05) is 0 Å². The van der Waals surface area contributed by atoms with Gasteiger partial charge in [0.1, 0.15) is 5.82 Å². The standard InChI is InChI=1S/C15H24N4O2/c1-2-21-10-4-6-18-15(20)13-5-3-9-19(12-13)14-11-16-7-8-17-14/h7-8,11,13H,2-6,9-10,12H2,1H3,(H,18,20)/t13-/m0/s1. The molecule has 0 spiro atoms. The number of anilines is 1. The highest BCUT2D eigenvalue weighted by molar-refractivity contribution is 5.79. The average Bonchev–Trinajstić information content (AvgIpc) is 2.55. The smallest absolute Gasteiger partial charge is 0.224 e. The lowest BCUT2D eigenvalue weighted by molar-refractivity contribution is -0.125. The lowest BCUT2D eigenvalue weighted by Crippen LogP contribution is -2.43. The van der Waals surface area contributed by atoms with Crippen molar-refractivity contribution in [2.24, 2.45) is 5.92 Å². The number of nitrogens with one attached hydrogen (secondary N) is 1. The molecule has 1 N–H and O–H groups in total. The van der Waals surface area contributed by atoms with Gasteiger partial charge in [-0.05, 0) is 26.2 Å². The molecular weight excluding hydrogens is 268 g/mol. The molecule has 1 aromatic heterocycles. The van der Waals surface area contributed by atoms with Crippen LogP contribution in [0.15, 0.2) is 18.6 Å². The van der Waals surface area contributed by atoms with Crippen molar-refractivity contribution in [2.75, 3.05) is 37.7 Å². The summed E-state index contributed by atoms with van der Waals surface area (Å²) in [6.07, 6.45) is 7.91. The molecule has 1 saturated heterocycles. The van der Waals surface area contributed by atoms with Crippen molar-refractivity contribution >= 4 is 11.7 Å². The molecule has 1 aromatic rings. The van der Waals surface area contributed by atoms with Gasteiger partial charge in [-0.2, -0.15) is 0 Å². The molecule has 0 bridgehead atoms. The molecule has 0 aromatic carbocycles. The van der Waals surface area contributed by atoms with Crippen LogP contribution in [0.25, 0.3) is 0 Å². The molecule has 2 heterocycles. The third-order valence-electron chi connectivity index (χ3n) is 3.63. The molecule has 1 amide bonds. The number of rotatable bonds is 7. The van der Waals surface area contributed by atoms with Crippen LogP contribution in [0.2, 0.25) is 0 Å². The van der Waals surface area contributed by atoms with Crippen LogP contribution >= 0.6 is 0 Å². The van der Waals surface area contributed by atoms with Gasteiger partial charge < -0.3 is 15.0 Å². The molecule has 1 atom stereocenters. The fourth-order valence-electron chi connectivity index (χ4n) is 2.53. The van der Waals surface area contributed by atoms with Gasteiger partial charge in [0.2, 0.25) is 5.91 Å². The molecule has 21 heavy (non-hydrogen) atoms. The molecule has 0 aliphatic carbocycles. The van der Waals surface area contributed by atoms with Crippen LogP contribution in [0, 0.1) is 5.92 Å². The summed E-state index contributed by atoms with van der Waals surface area (Å²) < 4.78 is 5.26. The van der Waals surface area contributed by atoms with Gasteiger partial charge in [0.15, 0.2) is 0 Å². The van der Waals surface area contributed by atoms with Crippen LogP contribution in [0.5, 0.6) is 0 Å². The Kier molecular flexibility index (Phi) is 6.40. The van der Waals surface area contributed by atoms with Crippen molar-refractivity contribution in [3.8, 4) is 0 Å². The number of aromatic nitrogens is 2. The second kappa shape index (κ2) is 8.56. The van der Waals surface area contributed by atoms with Crippen molar-refractivity contribution in [2.45, 2.75) is 26.2 Å². The van der Waals surface area contributed by atoms with Crippen LogP contribution < -0.4 is 10.2 Å². The molecule has 6 heteroatoms. The van der Waals surface area contributed by atoms with E-state index in [1.165, 1.54) is 0 Å². The molecule has 1 fully saturated rings. The highest BCUT2D eigenvalue weighted by Crippen LogP contribution is 2.20. The summed E-state index contributed by atoms with van der Waals surface area (Å²) in [7, 11) is 0. The summed E-state index contributed by atoms with van der Waals surface area (Å²) in [5.74, 6) is 1.03. The number of hydrogen-bond acceptors (Lipinski definition) is 5. The number of hydrogen-bond donors (Lipinski definition) is 1. The van der Waals surface area contributed by atoms with E-state index >= 15 is 0 Å². The third-order valence-corrected chi connectivity index (χ3v) is 3.63. The molecular formula is C15H24N4O2. The van der Waals surface area contributed by atoms with Gasteiger partial charge in [0.05, 0.1) is 12.1 Å². The largest absolute Gasteiger partial charge is 0.382 e. The van der Waals surface area contributed by atoms with Gasteiger partial charge in [0.25, 0.3) is 0 Å². The number of amides is 1. The first-order valence-electron chi connectivity index (χ1n) is 7.67. The molecule has 116 valence electrons. The van der Waals surface area contributed by atoms with E-state index in [0.717, 1.165) is 44.8 Å². The van der Waals surface area contributed by atoms with Gasteiger partial charge in [-0.25, -0.2) is 4.98 Å². The van der Waals surface area contributed by atoms with Crippen molar-refractivity contribution in [3.05, 3.63) is 18.6 Å². The van der Waals surface area contributed by atoms with Crippen LogP contribution in [0.3, 0.4) is 0 Å². The van der Waals surface area contributed by atoms with Gasteiger partial charge in [0, 0.05) is 45.2 Å². The second-order valence-electron chi connectivity index (χ2n) is 5.19. The third kappa shape index (κ3) is 4.97. The monoisotopic (exact) mass is 292 g/mol. The summed E-state index contributed by atoms with van der Waals surface area (Å²) in [6.45, 7) is 5.74. The number of carbonyl (C=O) groups is 1. The van der Waals surface area contributed by atoms with Gasteiger partial charge >= 0.3 is 0 Å². The first-order chi connectivity index (χ1) is 10.3. The summed E-state index contributed by atoms with van der Waals surface area (Å²) in [6, 6.07) is 0. The number of ether oxygens (including phenoxy) is 1. The minimum absolute atomic E-state index is 0.0350. The maximum Gasteiger partial charge on any atom is 0.224 e. The van der Waals surface area contributed by atoms with E-state index in [1.54, 1.807) is 18.6 Å². The highest BCUT2D eigenvalue weighted by Gasteiger charge is 2.26. The molecule has 6 nitrogen and oxygen atoms in total. The van der Waals surface area contributed by atoms with Crippen molar-refractivity contribution in [1.29, 1.82) is 0 Å². The predicted octanol–water partition coefficient (Wildman–Crippen LogP) is 1.24. The van der Waals surface area contributed by atoms with Crippen LogP contribution in [0.4, 0.5) is 5.82 Å². The van der Waals surface area contributed by atoms with Crippen LogP contribution in [0.1, 0.15) is 26.2 Å². The van der Waals surface area contributed by atoms with Crippen LogP contribution in [-0.2, 0) is 9.53 Å². The second-order valence-corrected chi connectivity index (χ2v) is 5.19. The van der Waals surface area contributed by atoms with E-state index in [-0.39, 0.29) is 11.8 Å². The zero-order valence-corrected chi connectivity index (χ0v) is 12.6. The fraction of sp³-hybridized carbons (Fsp3) is 0.667. The SMILES string of the molecule is CCOCCCNC(=O)[C@H]1CCCN(c2cnccn2)C1. The zero-order valence-electron chi connectivity index (χ0n) is 12.6. The van der Waals surface area contributed by atoms with Gasteiger partial charge in [-0.3, -0.25) is 9.78 Å². The number of piperidine rings is 1. The first-order valence-corrected chi connectivity index (χ1v) is 7.67. The lowest BCUT2D eigenvalue weighted by Gasteiger charge is -2.32. The van der Waals surface area contributed by atoms with E-state index < -0.39 is 0 Å². The Morgan fingerprint density at radius 1 is 1.52 bits per heavy atom. The maximum absolute atomic E-state index is 12.2. The summed E-state index contributed by atoms with van der Waals surface area (Å²) in [5.41, 5.74) is 0. The van der Waals surface area contributed by atoms with E-state index in [2.05, 4.69) is 20.2 Å². The Morgan fingerprint density at radius 3 is 3.19 bits per heavy atom. The van der Waals surface area contributed by atoms with Crippen molar-refractivity contribution < 1.29 is 9.53 Å². The highest BCUT2D eigenvalue weighted by atomic mass is 16.5. The summed E-state index contributed by atoms with van der Waals surface area (Å²) in [4.78, 5) is 22.7. The number of carbonyl (C=O) groups excluding carboxylic acids is 1. The Morgan fingerprint density at radius 2 is 2.43 bits per heavy atom. The van der Waals surface area contributed by atoms with E-state index in [9.17, 15) is 4.79 Å². The zero-order chi connectivity index (χ0) is 14.9. The topological polar surface area (TPSA) is 67.3 Å². The Hall–Kier alpha value is -1.69. The fourth-order valence-corrected chi connectivity index (χ4v) is 2.53. The minimum atomic E-state index is 0.0350. The first kappa shape index (κ1) is 15.7. The summed E-state index contributed by atoms with van der Waals surface area (Å²) >= 11 is 0. The average molecular weight is 292 g/mol. The molecule has 1 aliphatic heterocycles. The van der Waals surface area contributed by atoms with E-state index in [4.69, 9.17) is 4.74 Å². The Bertz CT molecular complexity index is 427. The molecule has 1 aliphatic rings.